The number of carboxylic acids is 1. The lowest BCUT2D eigenvalue weighted by Crippen LogP contribution is -2.54. The van der Waals surface area contributed by atoms with Crippen LogP contribution in [0.15, 0.2) is 30.3 Å². The highest BCUT2D eigenvalue weighted by molar-refractivity contribution is 5.66. The minimum Gasteiger partial charge on any atom is -0.481 e. The Morgan fingerprint density at radius 3 is 2.84 bits per heavy atom. The lowest BCUT2D eigenvalue weighted by Gasteiger charge is -2.38. The quantitative estimate of drug-likeness (QED) is 0.848. The Labute approximate surface area is 114 Å². The number of hydrogen-bond donors (Lipinski definition) is 2. The number of carboxylic acid groups (broad SMARTS) is 1. The Balaban J connectivity index is 1.89. The SMILES string of the molecule is CC1CNC(CCC(=O)O)CN1Cc1ccccc1. The van der Waals surface area contributed by atoms with Crippen LogP contribution in [0.1, 0.15) is 25.3 Å². The van der Waals surface area contributed by atoms with Gasteiger partial charge in [-0.1, -0.05) is 30.3 Å². The van der Waals surface area contributed by atoms with Crippen LogP contribution in [-0.2, 0) is 11.3 Å². The summed E-state index contributed by atoms with van der Waals surface area (Å²) in [7, 11) is 0. The molecule has 2 atom stereocenters. The van der Waals surface area contributed by atoms with Gasteiger partial charge in [0.25, 0.3) is 0 Å². The van der Waals surface area contributed by atoms with Crippen LogP contribution in [0.5, 0.6) is 0 Å². The number of piperazine rings is 1. The molecule has 104 valence electrons. The first kappa shape index (κ1) is 14.0. The maximum Gasteiger partial charge on any atom is 0.303 e. The summed E-state index contributed by atoms with van der Waals surface area (Å²) in [6.07, 6.45) is 0.943. The second kappa shape index (κ2) is 6.68. The zero-order valence-corrected chi connectivity index (χ0v) is 11.4. The van der Waals surface area contributed by atoms with Crippen LogP contribution >= 0.6 is 0 Å². The molecule has 4 nitrogen and oxygen atoms in total. The standard InChI is InChI=1S/C15H22N2O2/c1-12-9-16-14(7-8-15(18)19)11-17(12)10-13-5-3-2-4-6-13/h2-6,12,14,16H,7-11H2,1H3,(H,18,19). The molecule has 19 heavy (non-hydrogen) atoms. The fourth-order valence-electron chi connectivity index (χ4n) is 2.52. The van der Waals surface area contributed by atoms with Gasteiger partial charge in [0, 0.05) is 38.1 Å². The molecule has 0 saturated carbocycles. The van der Waals surface area contributed by atoms with Gasteiger partial charge in [-0.25, -0.2) is 0 Å². The van der Waals surface area contributed by atoms with Crippen molar-refractivity contribution in [1.82, 2.24) is 10.2 Å². The molecule has 0 aromatic heterocycles. The minimum absolute atomic E-state index is 0.241. The van der Waals surface area contributed by atoms with E-state index in [2.05, 4.69) is 41.4 Å². The minimum atomic E-state index is -0.713. The van der Waals surface area contributed by atoms with E-state index in [-0.39, 0.29) is 12.5 Å². The Bertz CT molecular complexity index is 408. The molecule has 0 radical (unpaired) electrons. The zero-order chi connectivity index (χ0) is 13.7. The Morgan fingerprint density at radius 2 is 2.16 bits per heavy atom. The molecule has 1 aliphatic rings. The van der Waals surface area contributed by atoms with Gasteiger partial charge < -0.3 is 10.4 Å². The van der Waals surface area contributed by atoms with Crippen LogP contribution in [0.2, 0.25) is 0 Å². The topological polar surface area (TPSA) is 52.6 Å². The van der Waals surface area contributed by atoms with Gasteiger partial charge in [-0.05, 0) is 18.9 Å². The van der Waals surface area contributed by atoms with Crippen LogP contribution in [-0.4, -0.2) is 41.1 Å². The van der Waals surface area contributed by atoms with E-state index in [1.165, 1.54) is 5.56 Å². The monoisotopic (exact) mass is 262 g/mol. The summed E-state index contributed by atoms with van der Waals surface area (Å²) < 4.78 is 0. The predicted molar refractivity (Wildman–Crippen MR) is 75.0 cm³/mol. The summed E-state index contributed by atoms with van der Waals surface area (Å²) in [6, 6.07) is 11.2. The van der Waals surface area contributed by atoms with Crippen molar-refractivity contribution >= 4 is 5.97 Å². The van der Waals surface area contributed by atoms with E-state index < -0.39 is 5.97 Å². The van der Waals surface area contributed by atoms with Crippen LogP contribution < -0.4 is 5.32 Å². The summed E-state index contributed by atoms with van der Waals surface area (Å²) in [4.78, 5) is 13.1. The van der Waals surface area contributed by atoms with Crippen molar-refractivity contribution < 1.29 is 9.90 Å². The molecule has 1 heterocycles. The van der Waals surface area contributed by atoms with Crippen molar-refractivity contribution in [2.24, 2.45) is 0 Å². The molecule has 0 amide bonds. The largest absolute Gasteiger partial charge is 0.481 e. The van der Waals surface area contributed by atoms with Gasteiger partial charge in [0.05, 0.1) is 0 Å². The van der Waals surface area contributed by atoms with E-state index in [1.54, 1.807) is 0 Å². The van der Waals surface area contributed by atoms with Gasteiger partial charge >= 0.3 is 5.97 Å². The van der Waals surface area contributed by atoms with Crippen LogP contribution in [0.4, 0.5) is 0 Å². The lowest BCUT2D eigenvalue weighted by atomic mass is 10.0. The average molecular weight is 262 g/mol. The van der Waals surface area contributed by atoms with Gasteiger partial charge in [0.2, 0.25) is 0 Å². The van der Waals surface area contributed by atoms with Crippen molar-refractivity contribution in [3.05, 3.63) is 35.9 Å². The summed E-state index contributed by atoms with van der Waals surface area (Å²) in [5.41, 5.74) is 1.31. The van der Waals surface area contributed by atoms with E-state index in [0.29, 0.717) is 12.5 Å². The molecule has 0 bridgehead atoms. The van der Waals surface area contributed by atoms with Crippen molar-refractivity contribution in [3.8, 4) is 0 Å². The highest BCUT2D eigenvalue weighted by Gasteiger charge is 2.24. The zero-order valence-electron chi connectivity index (χ0n) is 11.4. The highest BCUT2D eigenvalue weighted by atomic mass is 16.4. The second-order valence-corrected chi connectivity index (χ2v) is 5.30. The first-order valence-electron chi connectivity index (χ1n) is 6.88. The summed E-state index contributed by atoms with van der Waals surface area (Å²) in [5, 5.41) is 12.2. The maximum atomic E-state index is 10.6. The van der Waals surface area contributed by atoms with Gasteiger partial charge in [0.15, 0.2) is 0 Å². The Morgan fingerprint density at radius 1 is 1.42 bits per heavy atom. The second-order valence-electron chi connectivity index (χ2n) is 5.30. The first-order valence-corrected chi connectivity index (χ1v) is 6.88. The summed E-state index contributed by atoms with van der Waals surface area (Å²) in [6.45, 7) is 5.00. The molecule has 1 saturated heterocycles. The molecule has 4 heteroatoms. The maximum absolute atomic E-state index is 10.6. The van der Waals surface area contributed by atoms with Crippen molar-refractivity contribution in [3.63, 3.8) is 0 Å². The Hall–Kier alpha value is -1.39. The first-order chi connectivity index (χ1) is 9.15. The number of nitrogens with one attached hydrogen (secondary N) is 1. The normalized spacial score (nSPS) is 24.3. The molecule has 1 aromatic carbocycles. The molecule has 1 aliphatic heterocycles. The van der Waals surface area contributed by atoms with Crippen LogP contribution in [0, 0.1) is 0 Å². The van der Waals surface area contributed by atoms with Gasteiger partial charge in [-0.15, -0.1) is 0 Å². The molecule has 1 fully saturated rings. The van der Waals surface area contributed by atoms with E-state index in [0.717, 1.165) is 19.6 Å². The van der Waals surface area contributed by atoms with Gasteiger partial charge in [0.1, 0.15) is 0 Å². The number of benzene rings is 1. The van der Waals surface area contributed by atoms with Gasteiger partial charge in [-0.3, -0.25) is 9.69 Å². The summed E-state index contributed by atoms with van der Waals surface area (Å²) >= 11 is 0. The third kappa shape index (κ3) is 4.33. The molecule has 2 rings (SSSR count). The average Bonchev–Trinajstić information content (AvgIpc) is 2.41. The molecular weight excluding hydrogens is 240 g/mol. The third-order valence-electron chi connectivity index (χ3n) is 3.72. The Kier molecular flexibility index (Phi) is 4.93. The molecule has 0 spiro atoms. The lowest BCUT2D eigenvalue weighted by molar-refractivity contribution is -0.137. The van der Waals surface area contributed by atoms with Crippen molar-refractivity contribution in [1.29, 1.82) is 0 Å². The molecule has 2 N–H and O–H groups in total. The molecule has 2 unspecified atom stereocenters. The molecule has 0 aliphatic carbocycles. The van der Waals surface area contributed by atoms with Crippen LogP contribution in [0.3, 0.4) is 0 Å². The number of aliphatic carboxylic acids is 1. The molecular formula is C15H22N2O2. The third-order valence-corrected chi connectivity index (χ3v) is 3.72. The van der Waals surface area contributed by atoms with Crippen molar-refractivity contribution in [2.75, 3.05) is 13.1 Å². The van der Waals surface area contributed by atoms with E-state index >= 15 is 0 Å². The smallest absolute Gasteiger partial charge is 0.303 e. The molecule has 1 aromatic rings. The van der Waals surface area contributed by atoms with Crippen molar-refractivity contribution in [2.45, 2.75) is 38.4 Å². The highest BCUT2D eigenvalue weighted by Crippen LogP contribution is 2.14. The van der Waals surface area contributed by atoms with E-state index in [4.69, 9.17) is 5.11 Å². The summed E-state index contributed by atoms with van der Waals surface area (Å²) in [5.74, 6) is -0.713. The fraction of sp³-hybridized carbons (Fsp3) is 0.533. The van der Waals surface area contributed by atoms with E-state index in [1.807, 2.05) is 6.07 Å². The number of rotatable bonds is 5. The predicted octanol–water partition coefficient (Wildman–Crippen LogP) is 1.71. The number of hydrogen-bond acceptors (Lipinski definition) is 3. The van der Waals surface area contributed by atoms with E-state index in [9.17, 15) is 4.79 Å². The number of nitrogens with zero attached hydrogens (tertiary/aromatic N) is 1. The van der Waals surface area contributed by atoms with Gasteiger partial charge in [-0.2, -0.15) is 0 Å². The van der Waals surface area contributed by atoms with Crippen LogP contribution in [0.25, 0.3) is 0 Å². The number of carbonyl (C=O) groups is 1. The fourth-order valence-corrected chi connectivity index (χ4v) is 2.52.